The Morgan fingerprint density at radius 3 is 2.55 bits per heavy atom. The van der Waals surface area contributed by atoms with Crippen LogP contribution in [0.25, 0.3) is 6.08 Å². The van der Waals surface area contributed by atoms with Gasteiger partial charge in [-0.2, -0.15) is 0 Å². The Morgan fingerprint density at radius 2 is 1.87 bits per heavy atom. The quantitative estimate of drug-likeness (QED) is 0.112. The van der Waals surface area contributed by atoms with Gasteiger partial charge in [0.1, 0.15) is 24.4 Å². The summed E-state index contributed by atoms with van der Waals surface area (Å²) in [7, 11) is 0. The van der Waals surface area contributed by atoms with Crippen molar-refractivity contribution in [2.75, 3.05) is 6.61 Å². The lowest BCUT2D eigenvalue weighted by atomic mass is 9.80. The molecule has 0 aliphatic carbocycles. The summed E-state index contributed by atoms with van der Waals surface area (Å²) in [6, 6.07) is 3.95. The van der Waals surface area contributed by atoms with E-state index in [9.17, 15) is 40.2 Å². The fourth-order valence-electron chi connectivity index (χ4n) is 4.40. The Morgan fingerprint density at radius 1 is 1.11 bits per heavy atom. The average Bonchev–Trinajstić information content (AvgIpc) is 2.89. The van der Waals surface area contributed by atoms with E-state index < -0.39 is 73.7 Å². The summed E-state index contributed by atoms with van der Waals surface area (Å²) in [5, 5.41) is 58.6. The van der Waals surface area contributed by atoms with Crippen LogP contribution in [0.2, 0.25) is 0 Å². The molecule has 3 aliphatic heterocycles. The van der Waals surface area contributed by atoms with Gasteiger partial charge in [-0.25, -0.2) is 9.59 Å². The number of benzene rings is 1. The van der Waals surface area contributed by atoms with E-state index >= 15 is 0 Å². The van der Waals surface area contributed by atoms with Crippen LogP contribution in [0.3, 0.4) is 0 Å². The molecule has 2 fully saturated rings. The van der Waals surface area contributed by atoms with E-state index in [0.29, 0.717) is 5.56 Å². The van der Waals surface area contributed by atoms with Crippen molar-refractivity contribution in [1.82, 2.24) is 0 Å². The Kier molecular flexibility index (Phi) is 8.35. The fourth-order valence-corrected chi connectivity index (χ4v) is 4.40. The molecule has 0 radical (unpaired) electrons. The van der Waals surface area contributed by atoms with Crippen LogP contribution < -0.4 is 0 Å². The number of esters is 2. The molecule has 6 N–H and O–H groups in total. The van der Waals surface area contributed by atoms with E-state index in [-0.39, 0.29) is 23.5 Å². The molecular formula is C25H28O13. The van der Waals surface area contributed by atoms with Crippen molar-refractivity contribution in [3.8, 4) is 11.5 Å². The monoisotopic (exact) mass is 536 g/mol. The van der Waals surface area contributed by atoms with E-state index in [1.807, 2.05) is 0 Å². The van der Waals surface area contributed by atoms with Crippen LogP contribution in [0.1, 0.15) is 12.0 Å². The lowest BCUT2D eigenvalue weighted by Gasteiger charge is -2.44. The molecule has 13 nitrogen and oxygen atoms in total. The van der Waals surface area contributed by atoms with Crippen LogP contribution in [-0.2, 0) is 33.3 Å². The van der Waals surface area contributed by atoms with Crippen molar-refractivity contribution in [3.05, 3.63) is 54.3 Å². The zero-order valence-electron chi connectivity index (χ0n) is 19.9. The Bertz CT molecular complexity index is 1110. The van der Waals surface area contributed by atoms with Gasteiger partial charge in [0, 0.05) is 24.3 Å². The van der Waals surface area contributed by atoms with E-state index in [1.165, 1.54) is 30.4 Å². The first kappa shape index (κ1) is 27.6. The molecule has 3 heterocycles. The lowest BCUT2D eigenvalue weighted by molar-refractivity contribution is -0.340. The molecule has 0 aromatic heterocycles. The third-order valence-electron chi connectivity index (χ3n) is 6.48. The van der Waals surface area contributed by atoms with Crippen molar-refractivity contribution in [2.45, 2.75) is 49.7 Å². The summed E-state index contributed by atoms with van der Waals surface area (Å²) in [4.78, 5) is 24.9. The van der Waals surface area contributed by atoms with E-state index in [0.717, 1.165) is 12.3 Å². The van der Waals surface area contributed by atoms with Gasteiger partial charge in [-0.15, -0.1) is 6.58 Å². The number of ether oxygens (including phenoxy) is 5. The maximum atomic E-state index is 12.6. The minimum absolute atomic E-state index is 0.0196. The minimum atomic E-state index is -1.67. The van der Waals surface area contributed by atoms with Crippen LogP contribution >= 0.6 is 0 Å². The molecule has 0 unspecified atom stereocenters. The molecular weight excluding hydrogens is 508 g/mol. The predicted octanol–water partition coefficient (Wildman–Crippen LogP) is -0.598. The highest BCUT2D eigenvalue weighted by molar-refractivity contribution is 5.91. The molecule has 0 bridgehead atoms. The van der Waals surface area contributed by atoms with Crippen molar-refractivity contribution in [2.24, 2.45) is 11.8 Å². The highest BCUT2D eigenvalue weighted by Crippen LogP contribution is 2.40. The molecule has 4 rings (SSSR count). The van der Waals surface area contributed by atoms with Gasteiger partial charge in [-0.1, -0.05) is 12.1 Å². The van der Waals surface area contributed by atoms with Crippen molar-refractivity contribution in [3.63, 3.8) is 0 Å². The summed E-state index contributed by atoms with van der Waals surface area (Å²) in [6.45, 7) is 3.11. The molecule has 13 heteroatoms. The first-order chi connectivity index (χ1) is 18.1. The number of hydrogen-bond donors (Lipinski definition) is 6. The highest BCUT2D eigenvalue weighted by atomic mass is 16.8. The second kappa shape index (κ2) is 11.5. The number of rotatable bonds is 7. The van der Waals surface area contributed by atoms with E-state index in [1.54, 1.807) is 0 Å². The Balaban J connectivity index is 1.43. The Labute approximate surface area is 216 Å². The van der Waals surface area contributed by atoms with Gasteiger partial charge in [0.05, 0.1) is 18.4 Å². The van der Waals surface area contributed by atoms with Crippen LogP contribution in [0.5, 0.6) is 11.5 Å². The van der Waals surface area contributed by atoms with Crippen molar-refractivity contribution in [1.29, 1.82) is 0 Å². The molecule has 206 valence electrons. The first-order valence-corrected chi connectivity index (χ1v) is 11.7. The van der Waals surface area contributed by atoms with E-state index in [2.05, 4.69) is 6.58 Å². The van der Waals surface area contributed by atoms with Crippen LogP contribution in [0.15, 0.2) is 48.8 Å². The first-order valence-electron chi connectivity index (χ1n) is 11.7. The summed E-state index contributed by atoms with van der Waals surface area (Å²) in [5.74, 6) is -3.65. The van der Waals surface area contributed by atoms with Gasteiger partial charge in [-0.05, 0) is 23.8 Å². The maximum Gasteiger partial charge on any atom is 0.340 e. The summed E-state index contributed by atoms with van der Waals surface area (Å²) < 4.78 is 27.0. The number of phenolic OH excluding ortho intramolecular Hbond substituents is 2. The summed E-state index contributed by atoms with van der Waals surface area (Å²) >= 11 is 0. The number of aliphatic hydroxyl groups is 4. The molecule has 9 atom stereocenters. The van der Waals surface area contributed by atoms with Gasteiger partial charge in [0.15, 0.2) is 17.8 Å². The molecule has 0 spiro atoms. The normalized spacial score (nSPS) is 35.0. The van der Waals surface area contributed by atoms with Gasteiger partial charge in [0.25, 0.3) is 0 Å². The van der Waals surface area contributed by atoms with Gasteiger partial charge in [-0.3, -0.25) is 0 Å². The smallest absolute Gasteiger partial charge is 0.340 e. The third kappa shape index (κ3) is 5.67. The molecule has 3 aliphatic rings. The zero-order valence-corrected chi connectivity index (χ0v) is 19.9. The SMILES string of the molecule is C=C[C@H]1[C@H](O[C@@H]2O[C@H](CO)[C@@H](O)[C@H](O)[C@H]2O)OC=C2C(=O)O[C@@H](OC(=O)/C=C/c3ccc(O)c(O)c3)C[C@H]21. The van der Waals surface area contributed by atoms with Crippen molar-refractivity contribution >= 4 is 18.0 Å². The van der Waals surface area contributed by atoms with Crippen molar-refractivity contribution < 1.29 is 63.9 Å². The second-order valence-corrected chi connectivity index (χ2v) is 8.92. The molecule has 0 saturated carbocycles. The van der Waals surface area contributed by atoms with Crippen LogP contribution in [0, 0.1) is 11.8 Å². The number of cyclic esters (lactones) is 1. The van der Waals surface area contributed by atoms with Gasteiger partial charge in [0.2, 0.25) is 12.6 Å². The fraction of sp³-hybridized carbons (Fsp3) is 0.440. The molecule has 1 aromatic rings. The average molecular weight is 536 g/mol. The largest absolute Gasteiger partial charge is 0.504 e. The molecule has 38 heavy (non-hydrogen) atoms. The lowest BCUT2D eigenvalue weighted by Crippen LogP contribution is -2.60. The number of phenols is 2. The summed E-state index contributed by atoms with van der Waals surface area (Å²) in [6.07, 6.45) is -5.01. The maximum absolute atomic E-state index is 12.6. The van der Waals surface area contributed by atoms with Crippen LogP contribution in [-0.4, -0.2) is 92.5 Å². The summed E-state index contributed by atoms with van der Waals surface area (Å²) in [5.41, 5.74) is 0.554. The number of hydrogen-bond acceptors (Lipinski definition) is 13. The second-order valence-electron chi connectivity index (χ2n) is 8.92. The topological polar surface area (TPSA) is 202 Å². The van der Waals surface area contributed by atoms with Gasteiger partial charge < -0.3 is 54.3 Å². The number of fused-ring (bicyclic) bond motifs is 1. The number of carbonyl (C=O) groups is 2. The standard InChI is InChI=1S/C25H28O13/c1-2-12-13-8-19(36-18(29)6-4-11-3-5-15(27)16(28)7-11)37-23(33)14(13)10-34-24(12)38-25-22(32)21(31)20(30)17(9-26)35-25/h2-7,10,12-13,17,19-22,24-28,30-32H,1,8-9H2/b6-4+/t12-,13+,17-,19-,20-,21+,22-,24+,25+/m1/s1. The number of aromatic hydroxyl groups is 2. The highest BCUT2D eigenvalue weighted by Gasteiger charge is 2.49. The predicted molar refractivity (Wildman–Crippen MR) is 124 cm³/mol. The molecule has 0 amide bonds. The van der Waals surface area contributed by atoms with Gasteiger partial charge >= 0.3 is 11.9 Å². The molecule has 2 saturated heterocycles. The third-order valence-corrected chi connectivity index (χ3v) is 6.48. The number of aliphatic hydroxyl groups excluding tert-OH is 4. The van der Waals surface area contributed by atoms with E-state index in [4.69, 9.17) is 23.7 Å². The Hall–Kier alpha value is -3.46. The van der Waals surface area contributed by atoms with Crippen LogP contribution in [0.4, 0.5) is 0 Å². The number of carbonyl (C=O) groups excluding carboxylic acids is 2. The molecule has 1 aromatic carbocycles. The zero-order chi connectivity index (χ0) is 27.6. The minimum Gasteiger partial charge on any atom is -0.504 e.